The fraction of sp³-hybridized carbons (Fsp3) is 0.800. The smallest absolute Gasteiger partial charge is 0.307 e. The molecule has 1 rings (SSSR count). The van der Waals surface area contributed by atoms with Gasteiger partial charge in [-0.3, -0.25) is 0 Å². The first kappa shape index (κ1) is 6.45. The van der Waals surface area contributed by atoms with Gasteiger partial charge in [-0.1, -0.05) is 0 Å². The van der Waals surface area contributed by atoms with Gasteiger partial charge in [0.05, 0.1) is 0 Å². The summed E-state index contributed by atoms with van der Waals surface area (Å²) >= 11 is 0. The fourth-order valence-electron chi connectivity index (χ4n) is 0.895. The van der Waals surface area contributed by atoms with Gasteiger partial charge in [0.25, 0.3) is 0 Å². The first-order valence-corrected chi connectivity index (χ1v) is 3.07. The van der Waals surface area contributed by atoms with E-state index >= 15 is 0 Å². The molecule has 0 saturated carbocycles. The van der Waals surface area contributed by atoms with Crippen LogP contribution in [0, 0.1) is 0 Å². The van der Waals surface area contributed by atoms with Crippen LogP contribution in [0.5, 0.6) is 0 Å². The van der Waals surface area contributed by atoms with Crippen LogP contribution in [0.4, 0.5) is 4.79 Å². The molecule has 0 aromatic heterocycles. The minimum absolute atomic E-state index is 0.0579. The number of hydrogen-bond donors (Lipinski definition) is 0. The van der Waals surface area contributed by atoms with Crippen LogP contribution >= 0.6 is 0 Å². The molecular formula is C5H9BN2O. The SMILES string of the molecule is [B]N1CCN(CC)C1=O. The molecule has 1 aliphatic rings. The molecule has 1 saturated heterocycles. The second-order valence-electron chi connectivity index (χ2n) is 2.06. The summed E-state index contributed by atoms with van der Waals surface area (Å²) in [7, 11) is 5.29. The number of amides is 2. The zero-order valence-corrected chi connectivity index (χ0v) is 5.50. The molecule has 0 spiro atoms. The van der Waals surface area contributed by atoms with Crippen molar-refractivity contribution in [1.29, 1.82) is 0 Å². The Kier molecular flexibility index (Phi) is 1.64. The van der Waals surface area contributed by atoms with Crippen molar-refractivity contribution in [3.05, 3.63) is 0 Å². The number of hydrogen-bond acceptors (Lipinski definition) is 1. The Bertz CT molecular complexity index is 128. The lowest BCUT2D eigenvalue weighted by atomic mass is 10.3. The molecule has 3 nitrogen and oxygen atoms in total. The highest BCUT2D eigenvalue weighted by atomic mass is 16.2. The number of carbonyl (C=O) groups is 1. The van der Waals surface area contributed by atoms with Crippen LogP contribution in [0.2, 0.25) is 0 Å². The molecule has 48 valence electrons. The van der Waals surface area contributed by atoms with Crippen LogP contribution in [-0.4, -0.2) is 43.4 Å². The van der Waals surface area contributed by atoms with E-state index < -0.39 is 0 Å². The third-order valence-corrected chi connectivity index (χ3v) is 1.51. The normalized spacial score (nSPS) is 19.4. The van der Waals surface area contributed by atoms with Gasteiger partial charge in [0, 0.05) is 19.6 Å². The van der Waals surface area contributed by atoms with E-state index in [0.717, 1.165) is 13.1 Å². The van der Waals surface area contributed by atoms with Crippen molar-refractivity contribution in [3.8, 4) is 0 Å². The van der Waals surface area contributed by atoms with Gasteiger partial charge in [-0.25, -0.2) is 4.79 Å². The molecule has 2 radical (unpaired) electrons. The molecule has 2 amide bonds. The van der Waals surface area contributed by atoms with Gasteiger partial charge >= 0.3 is 6.03 Å². The second kappa shape index (κ2) is 2.29. The predicted octanol–water partition coefficient (Wildman–Crippen LogP) is -0.173. The summed E-state index contributed by atoms with van der Waals surface area (Å²) in [6.45, 7) is 4.13. The summed E-state index contributed by atoms with van der Waals surface area (Å²) in [5.41, 5.74) is 0. The van der Waals surface area contributed by atoms with Gasteiger partial charge < -0.3 is 9.71 Å². The van der Waals surface area contributed by atoms with Crippen molar-refractivity contribution in [1.82, 2.24) is 9.71 Å². The van der Waals surface area contributed by atoms with Gasteiger partial charge in [0.1, 0.15) is 0 Å². The zero-order valence-electron chi connectivity index (χ0n) is 5.50. The summed E-state index contributed by atoms with van der Waals surface area (Å²) in [6, 6.07) is -0.0579. The molecule has 0 bridgehead atoms. The van der Waals surface area contributed by atoms with Gasteiger partial charge in [0.15, 0.2) is 0 Å². The molecule has 1 fully saturated rings. The highest BCUT2D eigenvalue weighted by Gasteiger charge is 2.22. The molecule has 0 aliphatic carbocycles. The third-order valence-electron chi connectivity index (χ3n) is 1.51. The second-order valence-corrected chi connectivity index (χ2v) is 2.06. The van der Waals surface area contributed by atoms with E-state index in [1.54, 1.807) is 4.90 Å². The minimum Gasteiger partial charge on any atom is -0.377 e. The number of likely N-dealkylation sites (N-methyl/N-ethyl adjacent to an activating group) is 1. The van der Waals surface area contributed by atoms with E-state index in [4.69, 9.17) is 7.98 Å². The van der Waals surface area contributed by atoms with Crippen molar-refractivity contribution in [2.75, 3.05) is 19.6 Å². The average molecular weight is 124 g/mol. The summed E-state index contributed by atoms with van der Waals surface area (Å²) in [6.07, 6.45) is 0. The fourth-order valence-corrected chi connectivity index (χ4v) is 0.895. The molecule has 1 heterocycles. The van der Waals surface area contributed by atoms with E-state index in [2.05, 4.69) is 0 Å². The molecule has 0 unspecified atom stereocenters. The molecule has 0 atom stereocenters. The van der Waals surface area contributed by atoms with E-state index in [1.807, 2.05) is 6.92 Å². The van der Waals surface area contributed by atoms with Gasteiger partial charge in [-0.2, -0.15) is 0 Å². The van der Waals surface area contributed by atoms with Gasteiger partial charge in [-0.15, -0.1) is 0 Å². The standard InChI is InChI=1S/C5H9BN2O/c1-2-7-3-4-8(6)5(7)9/h2-4H2,1H3. The van der Waals surface area contributed by atoms with E-state index in [-0.39, 0.29) is 6.03 Å². The number of urea groups is 1. The largest absolute Gasteiger partial charge is 0.377 e. The minimum atomic E-state index is -0.0579. The molecule has 0 aromatic carbocycles. The molecular weight excluding hydrogens is 115 g/mol. The number of carbonyl (C=O) groups excluding carboxylic acids is 1. The highest BCUT2D eigenvalue weighted by molar-refractivity contribution is 6.14. The topological polar surface area (TPSA) is 23.6 Å². The first-order valence-electron chi connectivity index (χ1n) is 3.07. The van der Waals surface area contributed by atoms with E-state index in [1.165, 1.54) is 4.81 Å². The lowest BCUT2D eigenvalue weighted by Gasteiger charge is -2.12. The Morgan fingerprint density at radius 1 is 1.67 bits per heavy atom. The Morgan fingerprint density at radius 2 is 2.33 bits per heavy atom. The third kappa shape index (κ3) is 1.02. The van der Waals surface area contributed by atoms with Gasteiger partial charge in [0.2, 0.25) is 7.98 Å². The molecule has 4 heteroatoms. The van der Waals surface area contributed by atoms with Crippen molar-refractivity contribution in [3.63, 3.8) is 0 Å². The summed E-state index contributed by atoms with van der Waals surface area (Å²) < 4.78 is 0. The lowest BCUT2D eigenvalue weighted by molar-refractivity contribution is 0.209. The number of rotatable bonds is 1. The monoisotopic (exact) mass is 124 g/mol. The predicted molar refractivity (Wildman–Crippen MR) is 35.1 cm³/mol. The summed E-state index contributed by atoms with van der Waals surface area (Å²) in [5.74, 6) is 0. The van der Waals surface area contributed by atoms with Crippen LogP contribution in [0.3, 0.4) is 0 Å². The molecule has 0 aromatic rings. The highest BCUT2D eigenvalue weighted by Crippen LogP contribution is 2.03. The van der Waals surface area contributed by atoms with E-state index in [9.17, 15) is 4.79 Å². The Hall–Kier alpha value is -0.665. The maximum absolute atomic E-state index is 10.9. The van der Waals surface area contributed by atoms with Crippen LogP contribution in [0.1, 0.15) is 6.92 Å². The first-order chi connectivity index (χ1) is 4.25. The quantitative estimate of drug-likeness (QED) is 0.445. The van der Waals surface area contributed by atoms with Crippen LogP contribution < -0.4 is 0 Å². The molecule has 0 N–H and O–H groups in total. The lowest BCUT2D eigenvalue weighted by Crippen LogP contribution is -2.29. The summed E-state index contributed by atoms with van der Waals surface area (Å²) in [4.78, 5) is 13.8. The number of nitrogens with zero attached hydrogens (tertiary/aromatic N) is 2. The van der Waals surface area contributed by atoms with Gasteiger partial charge in [-0.05, 0) is 6.92 Å². The van der Waals surface area contributed by atoms with Crippen molar-refractivity contribution >= 4 is 14.0 Å². The Labute approximate surface area is 56.0 Å². The zero-order chi connectivity index (χ0) is 6.85. The molecule has 9 heavy (non-hydrogen) atoms. The van der Waals surface area contributed by atoms with Crippen LogP contribution in [0.25, 0.3) is 0 Å². The van der Waals surface area contributed by atoms with Crippen molar-refractivity contribution < 1.29 is 4.79 Å². The van der Waals surface area contributed by atoms with Crippen molar-refractivity contribution in [2.24, 2.45) is 0 Å². The van der Waals surface area contributed by atoms with E-state index in [0.29, 0.717) is 6.54 Å². The summed E-state index contributed by atoms with van der Waals surface area (Å²) in [5, 5.41) is 0. The molecule has 1 aliphatic heterocycles. The maximum atomic E-state index is 10.9. The van der Waals surface area contributed by atoms with Crippen LogP contribution in [0.15, 0.2) is 0 Å². The Balaban J connectivity index is 2.51. The van der Waals surface area contributed by atoms with Crippen molar-refractivity contribution in [2.45, 2.75) is 6.92 Å². The Morgan fingerprint density at radius 3 is 2.56 bits per heavy atom. The average Bonchev–Trinajstić information content (AvgIpc) is 2.15. The maximum Gasteiger partial charge on any atom is 0.307 e. The van der Waals surface area contributed by atoms with Crippen LogP contribution in [-0.2, 0) is 0 Å².